The Morgan fingerprint density at radius 3 is 1.68 bits per heavy atom. The normalized spacial score (nSPS) is 15.8. The van der Waals surface area contributed by atoms with E-state index >= 15 is 0 Å². The summed E-state index contributed by atoms with van der Waals surface area (Å²) in [4.78, 5) is 200. The number of thioether (sulfide) groups is 1. The molecule has 0 unspecified atom stereocenters. The van der Waals surface area contributed by atoms with Crippen LogP contribution in [0.15, 0.2) is 9.98 Å². The number of carboxylic acid groups (broad SMARTS) is 1. The Morgan fingerprint density at radius 2 is 1.15 bits per heavy atom. The van der Waals surface area contributed by atoms with Crippen LogP contribution in [-0.4, -0.2) is 257 Å². The molecule has 1 aliphatic heterocycles. The molecule has 37 nitrogen and oxygen atoms in total. The quantitative estimate of drug-likeness (QED) is 0.00885. The highest BCUT2D eigenvalue weighted by atomic mass is 32.2. The zero-order chi connectivity index (χ0) is 75.8. The third-order valence-electron chi connectivity index (χ3n) is 15.8. The second-order valence-electron chi connectivity index (χ2n) is 24.3. The molecule has 12 atom stereocenters. The number of nitrogens with one attached hydrogen (secondary N) is 12. The number of carbonyl (C=O) groups is 14. The minimum absolute atomic E-state index is 0.00662. The Morgan fingerprint density at radius 1 is 0.610 bits per heavy atom. The number of guanidine groups is 2. The fourth-order valence-corrected chi connectivity index (χ4v) is 11.1. The zero-order valence-electron chi connectivity index (χ0n) is 58.4. The highest BCUT2D eigenvalue weighted by Crippen LogP contribution is 2.20. The number of nitrogens with two attached hydrogens (primary N) is 5. The van der Waals surface area contributed by atoms with Gasteiger partial charge in [0.2, 0.25) is 76.8 Å². The first-order chi connectivity index (χ1) is 47.2. The summed E-state index contributed by atoms with van der Waals surface area (Å²) in [6.45, 7) is 8.73. The number of amides is 13. The minimum Gasteiger partial charge on any atom is -0.480 e. The summed E-state index contributed by atoms with van der Waals surface area (Å²) in [6, 6.07) is -14.7. The van der Waals surface area contributed by atoms with Crippen molar-refractivity contribution in [1.82, 2.24) is 73.6 Å². The van der Waals surface area contributed by atoms with Gasteiger partial charge in [-0.25, -0.2) is 4.79 Å². The number of nitrogens with zero attached hydrogens (tertiary/aromatic N) is 4. The van der Waals surface area contributed by atoms with Crippen LogP contribution in [0.1, 0.15) is 126 Å². The molecule has 24 N–H and O–H groups in total. The summed E-state index contributed by atoms with van der Waals surface area (Å²) in [7, 11) is 0. The van der Waals surface area contributed by atoms with Gasteiger partial charge in [0.15, 0.2) is 11.9 Å². The number of aliphatic hydroxyl groups excluding tert-OH is 1. The minimum atomic E-state index is -1.71. The summed E-state index contributed by atoms with van der Waals surface area (Å²) in [5.74, 6) is -13.0. The van der Waals surface area contributed by atoms with Crippen molar-refractivity contribution in [1.29, 1.82) is 0 Å². The van der Waals surface area contributed by atoms with Gasteiger partial charge in [0, 0.05) is 45.0 Å². The number of unbranched alkanes of at least 4 members (excludes halogenated alkanes) is 1. The average Bonchev–Trinajstić information content (AvgIpc) is 1.32. The van der Waals surface area contributed by atoms with E-state index in [1.165, 1.54) is 37.4 Å². The van der Waals surface area contributed by atoms with Crippen LogP contribution in [0.3, 0.4) is 0 Å². The van der Waals surface area contributed by atoms with Crippen molar-refractivity contribution < 1.29 is 77.3 Å². The zero-order valence-corrected chi connectivity index (χ0v) is 61.0. The Bertz CT molecular complexity index is 2790. The topological polar surface area (TPSA) is 585 Å². The van der Waals surface area contributed by atoms with E-state index in [0.29, 0.717) is 25.7 Å². The molecule has 0 saturated carbocycles. The number of carboxylic acids is 1. The SMILES string of the molecule is CC[C@H](C)[C@H](NC(=O)[C@H](CCCN=C(N)N)NC(=O)[C@H](C)NC(=O)[C@H](CS)NCNC(C)=O)C(=O)N[C@@H](CO)C(=O)N[C@@H](CC(C)C)C(=O)NCC(=O)N1CCC[C@H]1C(=O)N[C@@H](CCCN=C(N)N)C(=O)N[C@@H](CCSC)C(=O)N(CNC(C)=O)[C@@H](CS)C(=O)N[C@@H](CCCCN)C(=O)O. The molecule has 40 heteroatoms. The lowest BCUT2D eigenvalue weighted by atomic mass is 9.97. The van der Waals surface area contributed by atoms with Gasteiger partial charge in [0.05, 0.1) is 32.5 Å². The lowest BCUT2D eigenvalue weighted by Gasteiger charge is -2.34. The van der Waals surface area contributed by atoms with E-state index in [1.54, 1.807) is 34.0 Å². The molecular weight excluding hydrogens is 1370 g/mol. The van der Waals surface area contributed by atoms with E-state index in [4.69, 9.17) is 28.7 Å². The molecule has 1 aliphatic rings. The molecule has 568 valence electrons. The highest BCUT2D eigenvalue weighted by Gasteiger charge is 2.40. The third-order valence-corrected chi connectivity index (χ3v) is 17.1. The van der Waals surface area contributed by atoms with Crippen molar-refractivity contribution in [2.45, 2.75) is 192 Å². The molecule has 13 amide bonds. The van der Waals surface area contributed by atoms with Gasteiger partial charge >= 0.3 is 5.97 Å². The number of thiol groups is 2. The van der Waals surface area contributed by atoms with E-state index in [1.807, 2.05) is 0 Å². The summed E-state index contributed by atoms with van der Waals surface area (Å²) in [5.41, 5.74) is 27.6. The molecule has 0 aliphatic carbocycles. The first-order valence-electron chi connectivity index (χ1n) is 33.1. The monoisotopic (exact) mass is 1480 g/mol. The van der Waals surface area contributed by atoms with Crippen LogP contribution in [0.5, 0.6) is 0 Å². The van der Waals surface area contributed by atoms with Gasteiger partial charge in [-0.1, -0.05) is 34.1 Å². The fraction of sp³-hybridized carbons (Fsp3) is 0.733. The van der Waals surface area contributed by atoms with Crippen LogP contribution < -0.4 is 92.5 Å². The van der Waals surface area contributed by atoms with Crippen molar-refractivity contribution in [3.05, 3.63) is 0 Å². The number of aliphatic imine (C=N–C) groups is 2. The predicted octanol–water partition coefficient (Wildman–Crippen LogP) is -6.65. The molecule has 1 fully saturated rings. The summed E-state index contributed by atoms with van der Waals surface area (Å²) in [6.07, 6.45) is 3.38. The van der Waals surface area contributed by atoms with Gasteiger partial charge in [-0.2, -0.15) is 37.0 Å². The molecule has 0 radical (unpaired) electrons. The molecule has 0 aromatic rings. The molecule has 0 bridgehead atoms. The van der Waals surface area contributed by atoms with Crippen molar-refractivity contribution >= 4 is 132 Å². The van der Waals surface area contributed by atoms with Crippen LogP contribution in [0.25, 0.3) is 0 Å². The standard InChI is InChI=1S/C60H109N21O16S3/c1-9-33(4)47(79-51(89)38(17-13-22-67-60(64)65)73-48(86)34(5)72-53(91)43(28-98)70-30-69-35(6)83)56(94)78-42(27-82)52(90)77-41(25-32(2)3)49(87)68-26-46(85)80-23-14-18-44(80)54(92)74-37(16-12-21-66-59(62)63)50(88)75-39(19-24-100-8)57(95)81(31-71-36(7)84)45(29-99)55(93)76-40(58(96)97)15-10-11-20-61/h32-34,37-45,47,70,82,98-99H,9-31,61H2,1-8H3,(H,68,87)(H,69,83)(H,71,84)(H,72,91)(H,73,86)(H,74,92)(H,75,88)(H,76,93)(H,77,90)(H,78,94)(H,79,89)(H,96,97)(H4,62,63,66)(H4,64,65,67)/t33-,34-,37-,38-,39-,40-,41-,42-,43-,44-,45-,47-/m0/s1. The first-order valence-corrected chi connectivity index (χ1v) is 35.8. The number of aliphatic hydroxyl groups is 1. The average molecular weight is 1480 g/mol. The molecular formula is C60H109N21O16S3. The van der Waals surface area contributed by atoms with Gasteiger partial charge in [0.25, 0.3) is 0 Å². The van der Waals surface area contributed by atoms with Crippen molar-refractivity contribution in [2.24, 2.45) is 50.5 Å². The van der Waals surface area contributed by atoms with Crippen molar-refractivity contribution in [3.63, 3.8) is 0 Å². The van der Waals surface area contributed by atoms with E-state index in [2.05, 4.69) is 99.0 Å². The van der Waals surface area contributed by atoms with Gasteiger partial charge < -0.3 is 107 Å². The fourth-order valence-electron chi connectivity index (χ4n) is 9.98. The Labute approximate surface area is 598 Å². The number of likely N-dealkylation sites (tertiary alicyclic amines) is 1. The largest absolute Gasteiger partial charge is 0.480 e. The second kappa shape index (κ2) is 48.8. The molecule has 1 rings (SSSR count). The van der Waals surface area contributed by atoms with Crippen LogP contribution in [0.2, 0.25) is 0 Å². The van der Waals surface area contributed by atoms with Crippen molar-refractivity contribution in [2.75, 3.05) is 76.2 Å². The van der Waals surface area contributed by atoms with Crippen LogP contribution in [0.4, 0.5) is 0 Å². The van der Waals surface area contributed by atoms with Crippen molar-refractivity contribution in [3.8, 4) is 0 Å². The smallest absolute Gasteiger partial charge is 0.326 e. The van der Waals surface area contributed by atoms with Crippen LogP contribution in [0, 0.1) is 11.8 Å². The number of rotatable bonds is 49. The van der Waals surface area contributed by atoms with Gasteiger partial charge in [0.1, 0.15) is 60.4 Å². The lowest BCUT2D eigenvalue weighted by Crippen LogP contribution is -2.62. The maximum Gasteiger partial charge on any atom is 0.326 e. The van der Waals surface area contributed by atoms with E-state index < -0.39 is 169 Å². The number of hydrogen-bond donors (Lipinski definition) is 21. The Hall–Kier alpha value is -7.95. The van der Waals surface area contributed by atoms with Crippen LogP contribution >= 0.6 is 37.0 Å². The van der Waals surface area contributed by atoms with Gasteiger partial charge in [-0.3, -0.25) is 77.6 Å². The van der Waals surface area contributed by atoms with E-state index in [0.717, 1.165) is 4.90 Å². The predicted molar refractivity (Wildman–Crippen MR) is 381 cm³/mol. The number of aliphatic carboxylic acids is 1. The molecule has 0 spiro atoms. The Kier molecular flexibility index (Phi) is 43.9. The Balaban J connectivity index is 3.45. The molecule has 100 heavy (non-hydrogen) atoms. The van der Waals surface area contributed by atoms with E-state index in [9.17, 15) is 77.3 Å². The third kappa shape index (κ3) is 33.9. The first kappa shape index (κ1) is 90.1. The highest BCUT2D eigenvalue weighted by molar-refractivity contribution is 7.98. The summed E-state index contributed by atoms with van der Waals surface area (Å²) in [5, 5.41) is 51.2. The second-order valence-corrected chi connectivity index (χ2v) is 26.0. The maximum absolute atomic E-state index is 14.6. The van der Waals surface area contributed by atoms with Gasteiger partial charge in [-0.05, 0) is 108 Å². The molecule has 0 aromatic carbocycles. The van der Waals surface area contributed by atoms with Gasteiger partial charge in [-0.15, -0.1) is 0 Å². The molecule has 1 heterocycles. The molecule has 0 aromatic heterocycles. The number of hydrogen-bond acceptors (Lipinski definition) is 22. The van der Waals surface area contributed by atoms with Crippen LogP contribution in [-0.2, 0) is 67.1 Å². The summed E-state index contributed by atoms with van der Waals surface area (Å²) < 4.78 is 0. The number of carbonyl (C=O) groups excluding carboxylic acids is 13. The summed E-state index contributed by atoms with van der Waals surface area (Å²) >= 11 is 9.81. The van der Waals surface area contributed by atoms with E-state index in [-0.39, 0.29) is 125 Å². The lowest BCUT2D eigenvalue weighted by molar-refractivity contribution is -0.146. The maximum atomic E-state index is 14.6. The molecule has 1 saturated heterocycles.